The summed E-state index contributed by atoms with van der Waals surface area (Å²) in [5.41, 5.74) is 4.88. The van der Waals surface area contributed by atoms with Crippen LogP contribution in [-0.2, 0) is 24.1 Å². The molecule has 2 aromatic carbocycles. The number of carbonyl (C=O) groups excluding carboxylic acids is 1. The third kappa shape index (κ3) is 3.93. The number of hydrogen-bond donors (Lipinski definition) is 1. The zero-order valence-corrected chi connectivity index (χ0v) is 15.3. The molecule has 0 radical (unpaired) electrons. The SMILES string of the molecule is C[C@H](NC(=O)CCc1c(Cl)cccc1Cl)c1ccc2c(c1)CCC2. The van der Waals surface area contributed by atoms with Gasteiger partial charge < -0.3 is 5.32 Å². The molecule has 0 aliphatic heterocycles. The molecule has 2 nitrogen and oxygen atoms in total. The Kier molecular flexibility index (Phi) is 5.47. The Morgan fingerprint density at radius 2 is 1.83 bits per heavy atom. The molecule has 0 spiro atoms. The highest BCUT2D eigenvalue weighted by atomic mass is 35.5. The summed E-state index contributed by atoms with van der Waals surface area (Å²) in [6.07, 6.45) is 4.47. The summed E-state index contributed by atoms with van der Waals surface area (Å²) in [6.45, 7) is 2.02. The highest BCUT2D eigenvalue weighted by Gasteiger charge is 2.15. The van der Waals surface area contributed by atoms with Gasteiger partial charge in [-0.05, 0) is 67.0 Å². The largest absolute Gasteiger partial charge is 0.350 e. The van der Waals surface area contributed by atoms with Gasteiger partial charge >= 0.3 is 0 Å². The van der Waals surface area contributed by atoms with Gasteiger partial charge in [0.25, 0.3) is 0 Å². The fourth-order valence-corrected chi connectivity index (χ4v) is 3.85. The lowest BCUT2D eigenvalue weighted by Gasteiger charge is -2.16. The molecule has 1 amide bonds. The van der Waals surface area contributed by atoms with Crippen molar-refractivity contribution in [3.8, 4) is 0 Å². The number of benzene rings is 2. The average molecular weight is 362 g/mol. The molecule has 0 heterocycles. The molecule has 0 aromatic heterocycles. The number of aryl methyl sites for hydroxylation is 2. The molecule has 0 saturated heterocycles. The van der Waals surface area contributed by atoms with Crippen LogP contribution in [-0.4, -0.2) is 5.91 Å². The van der Waals surface area contributed by atoms with E-state index in [2.05, 4.69) is 23.5 Å². The van der Waals surface area contributed by atoms with Gasteiger partial charge in [0.1, 0.15) is 0 Å². The normalized spacial score (nSPS) is 14.3. The molecule has 2 aromatic rings. The third-order valence-electron chi connectivity index (χ3n) is 4.66. The molecule has 3 rings (SSSR count). The van der Waals surface area contributed by atoms with E-state index in [0.29, 0.717) is 22.9 Å². The fraction of sp³-hybridized carbons (Fsp3) is 0.350. The zero-order chi connectivity index (χ0) is 17.1. The van der Waals surface area contributed by atoms with Gasteiger partial charge in [-0.25, -0.2) is 0 Å². The number of carbonyl (C=O) groups is 1. The smallest absolute Gasteiger partial charge is 0.220 e. The first-order valence-corrected chi connectivity index (χ1v) is 9.14. The summed E-state index contributed by atoms with van der Waals surface area (Å²) in [6, 6.07) is 12.0. The average Bonchev–Trinajstić information content (AvgIpc) is 3.01. The van der Waals surface area contributed by atoms with Crippen molar-refractivity contribution in [3.63, 3.8) is 0 Å². The third-order valence-corrected chi connectivity index (χ3v) is 5.37. The predicted octanol–water partition coefficient (Wildman–Crippen LogP) is 5.29. The van der Waals surface area contributed by atoms with Crippen LogP contribution in [0.5, 0.6) is 0 Å². The van der Waals surface area contributed by atoms with Crippen molar-refractivity contribution >= 4 is 29.1 Å². The first-order valence-electron chi connectivity index (χ1n) is 8.38. The lowest BCUT2D eigenvalue weighted by atomic mass is 10.0. The van der Waals surface area contributed by atoms with Crippen molar-refractivity contribution in [1.82, 2.24) is 5.32 Å². The zero-order valence-electron chi connectivity index (χ0n) is 13.7. The van der Waals surface area contributed by atoms with Crippen LogP contribution in [0.2, 0.25) is 10.0 Å². The number of hydrogen-bond acceptors (Lipinski definition) is 1. The van der Waals surface area contributed by atoms with Gasteiger partial charge in [-0.15, -0.1) is 0 Å². The van der Waals surface area contributed by atoms with Crippen molar-refractivity contribution in [3.05, 3.63) is 68.7 Å². The number of nitrogens with one attached hydrogen (secondary N) is 1. The lowest BCUT2D eigenvalue weighted by Crippen LogP contribution is -2.27. The van der Waals surface area contributed by atoms with Crippen LogP contribution in [0.3, 0.4) is 0 Å². The first-order chi connectivity index (χ1) is 11.5. The first kappa shape index (κ1) is 17.3. The van der Waals surface area contributed by atoms with Crippen molar-refractivity contribution < 1.29 is 4.79 Å². The minimum Gasteiger partial charge on any atom is -0.350 e. The molecule has 126 valence electrons. The standard InChI is InChI=1S/C20H21Cl2NO/c1-13(15-9-8-14-4-2-5-16(14)12-15)23-20(24)11-10-17-18(21)6-3-7-19(17)22/h3,6-9,12-13H,2,4-5,10-11H2,1H3,(H,23,24)/t13-/m0/s1. The predicted molar refractivity (Wildman–Crippen MR) is 99.8 cm³/mol. The van der Waals surface area contributed by atoms with Gasteiger partial charge in [0, 0.05) is 16.5 Å². The van der Waals surface area contributed by atoms with Crippen molar-refractivity contribution in [2.24, 2.45) is 0 Å². The Hall–Kier alpha value is -1.51. The highest BCUT2D eigenvalue weighted by Crippen LogP contribution is 2.27. The molecule has 1 atom stereocenters. The number of halogens is 2. The summed E-state index contributed by atoms with van der Waals surface area (Å²) >= 11 is 12.3. The molecule has 0 fully saturated rings. The van der Waals surface area contributed by atoms with Gasteiger partial charge in [0.15, 0.2) is 0 Å². The summed E-state index contributed by atoms with van der Waals surface area (Å²) in [7, 11) is 0. The van der Waals surface area contributed by atoms with Crippen LogP contribution >= 0.6 is 23.2 Å². The Labute approximate surface area is 153 Å². The molecule has 4 heteroatoms. The summed E-state index contributed by atoms with van der Waals surface area (Å²) in [5, 5.41) is 4.30. The van der Waals surface area contributed by atoms with E-state index in [1.54, 1.807) is 12.1 Å². The number of rotatable bonds is 5. The van der Waals surface area contributed by atoms with Gasteiger partial charge in [0.05, 0.1) is 6.04 Å². The maximum Gasteiger partial charge on any atom is 0.220 e. The molecule has 24 heavy (non-hydrogen) atoms. The summed E-state index contributed by atoms with van der Waals surface area (Å²) in [5.74, 6) is 0.0129. The second-order valence-electron chi connectivity index (χ2n) is 6.37. The number of amides is 1. The van der Waals surface area contributed by atoms with Crippen LogP contribution in [0.1, 0.15) is 48.1 Å². The maximum absolute atomic E-state index is 12.3. The van der Waals surface area contributed by atoms with E-state index in [4.69, 9.17) is 23.2 Å². The highest BCUT2D eigenvalue weighted by molar-refractivity contribution is 6.36. The monoisotopic (exact) mass is 361 g/mol. The van der Waals surface area contributed by atoms with Crippen molar-refractivity contribution in [2.45, 2.75) is 45.1 Å². The van der Waals surface area contributed by atoms with Crippen LogP contribution in [0.25, 0.3) is 0 Å². The Balaban J connectivity index is 1.58. The minimum absolute atomic E-state index is 0.00474. The molecule has 0 unspecified atom stereocenters. The molecule has 1 aliphatic carbocycles. The molecule has 0 bridgehead atoms. The van der Waals surface area contributed by atoms with Gasteiger partial charge in [-0.3, -0.25) is 4.79 Å². The fourth-order valence-electron chi connectivity index (χ4n) is 3.27. The van der Waals surface area contributed by atoms with E-state index in [1.807, 2.05) is 13.0 Å². The van der Waals surface area contributed by atoms with Gasteiger partial charge in [-0.1, -0.05) is 47.5 Å². The molecule has 1 N–H and O–H groups in total. The molecule has 0 saturated carbocycles. The Bertz CT molecular complexity index is 737. The van der Waals surface area contributed by atoms with Crippen LogP contribution in [0.15, 0.2) is 36.4 Å². The van der Waals surface area contributed by atoms with E-state index in [9.17, 15) is 4.79 Å². The van der Waals surface area contributed by atoms with Crippen molar-refractivity contribution in [2.75, 3.05) is 0 Å². The number of fused-ring (bicyclic) bond motifs is 1. The minimum atomic E-state index is 0.00474. The van der Waals surface area contributed by atoms with Gasteiger partial charge in [-0.2, -0.15) is 0 Å². The Morgan fingerprint density at radius 3 is 2.58 bits per heavy atom. The van der Waals surface area contributed by atoms with Crippen LogP contribution in [0, 0.1) is 0 Å². The Morgan fingerprint density at radius 1 is 1.12 bits per heavy atom. The summed E-state index contributed by atoms with van der Waals surface area (Å²) < 4.78 is 0. The molecule has 1 aliphatic rings. The second kappa shape index (κ2) is 7.58. The van der Waals surface area contributed by atoms with E-state index < -0.39 is 0 Å². The van der Waals surface area contributed by atoms with E-state index in [-0.39, 0.29) is 11.9 Å². The lowest BCUT2D eigenvalue weighted by molar-refractivity contribution is -0.121. The maximum atomic E-state index is 12.3. The topological polar surface area (TPSA) is 29.1 Å². The van der Waals surface area contributed by atoms with Crippen LogP contribution in [0.4, 0.5) is 0 Å². The van der Waals surface area contributed by atoms with Gasteiger partial charge in [0.2, 0.25) is 5.91 Å². The van der Waals surface area contributed by atoms with Crippen LogP contribution < -0.4 is 5.32 Å². The van der Waals surface area contributed by atoms with E-state index in [1.165, 1.54) is 29.5 Å². The molecular weight excluding hydrogens is 341 g/mol. The van der Waals surface area contributed by atoms with E-state index in [0.717, 1.165) is 12.0 Å². The van der Waals surface area contributed by atoms with E-state index >= 15 is 0 Å². The van der Waals surface area contributed by atoms with Crippen molar-refractivity contribution in [1.29, 1.82) is 0 Å². The molecular formula is C20H21Cl2NO. The second-order valence-corrected chi connectivity index (χ2v) is 7.19. The summed E-state index contributed by atoms with van der Waals surface area (Å²) in [4.78, 5) is 12.3. The quantitative estimate of drug-likeness (QED) is 0.769.